The van der Waals surface area contributed by atoms with Gasteiger partial charge in [-0.3, -0.25) is 14.9 Å². The van der Waals surface area contributed by atoms with E-state index in [0.717, 1.165) is 6.42 Å². The Morgan fingerprint density at radius 3 is 2.95 bits per heavy atom. The predicted molar refractivity (Wildman–Crippen MR) is 72.8 cm³/mol. The number of nitro benzene ring substituents is 1. The highest BCUT2D eigenvalue weighted by Crippen LogP contribution is 2.28. The van der Waals surface area contributed by atoms with E-state index in [9.17, 15) is 14.9 Å². The largest absolute Gasteiger partial charge is 0.370 e. The number of non-ortho nitro benzene ring substituents is 1. The second-order valence-corrected chi connectivity index (χ2v) is 5.11. The fourth-order valence-corrected chi connectivity index (χ4v) is 2.62. The number of nitrogens with one attached hydrogen (secondary N) is 1. The van der Waals surface area contributed by atoms with Crippen LogP contribution >= 0.6 is 0 Å². The summed E-state index contributed by atoms with van der Waals surface area (Å²) in [6, 6.07) is 4.45. The molecule has 104 valence electrons. The average molecular weight is 274 g/mol. The summed E-state index contributed by atoms with van der Waals surface area (Å²) >= 11 is 0. The molecule has 2 unspecified atom stereocenters. The van der Waals surface area contributed by atoms with Crippen molar-refractivity contribution >= 4 is 22.4 Å². The average Bonchev–Trinajstić information content (AvgIpc) is 3.03. The van der Waals surface area contributed by atoms with Crippen molar-refractivity contribution < 1.29 is 14.5 Å². The molecule has 2 atom stereocenters. The summed E-state index contributed by atoms with van der Waals surface area (Å²) in [6.07, 6.45) is 2.07. The Morgan fingerprint density at radius 2 is 2.30 bits per heavy atom. The van der Waals surface area contributed by atoms with Gasteiger partial charge >= 0.3 is 0 Å². The maximum atomic E-state index is 12.5. The lowest BCUT2D eigenvalue weighted by Gasteiger charge is -2.12. The van der Waals surface area contributed by atoms with Gasteiger partial charge in [-0.25, -0.2) is 0 Å². The molecule has 6 heteroatoms. The first kappa shape index (κ1) is 12.8. The third-order valence-electron chi connectivity index (χ3n) is 3.79. The molecule has 1 aromatic heterocycles. The van der Waals surface area contributed by atoms with Crippen LogP contribution in [0.5, 0.6) is 0 Å². The molecule has 0 saturated carbocycles. The molecule has 1 N–H and O–H groups in total. The van der Waals surface area contributed by atoms with Crippen molar-refractivity contribution in [1.29, 1.82) is 0 Å². The van der Waals surface area contributed by atoms with Crippen LogP contribution in [0.15, 0.2) is 24.4 Å². The predicted octanol–water partition coefficient (Wildman–Crippen LogP) is 2.68. The fourth-order valence-electron chi connectivity index (χ4n) is 2.62. The van der Waals surface area contributed by atoms with Gasteiger partial charge in [0.05, 0.1) is 10.4 Å². The molecule has 2 heterocycles. The summed E-state index contributed by atoms with van der Waals surface area (Å²) in [5.74, 6) is 0.139. The summed E-state index contributed by atoms with van der Waals surface area (Å²) in [6.45, 7) is 2.60. The summed E-state index contributed by atoms with van der Waals surface area (Å²) in [7, 11) is 0. The molecule has 1 aliphatic heterocycles. The Hall–Kier alpha value is -2.21. The van der Waals surface area contributed by atoms with Crippen LogP contribution in [0.3, 0.4) is 0 Å². The number of aromatic nitrogens is 1. The molecule has 1 saturated heterocycles. The minimum Gasteiger partial charge on any atom is -0.370 e. The molecule has 3 rings (SSSR count). The van der Waals surface area contributed by atoms with Crippen LogP contribution in [-0.4, -0.2) is 28.4 Å². The van der Waals surface area contributed by atoms with Crippen LogP contribution in [0.25, 0.3) is 10.9 Å². The number of Topliss-reactive ketones (excluding diaryl/α,β-unsaturated/α-hetero) is 1. The van der Waals surface area contributed by atoms with E-state index in [0.29, 0.717) is 23.1 Å². The summed E-state index contributed by atoms with van der Waals surface area (Å²) in [5, 5.41) is 11.4. The van der Waals surface area contributed by atoms with Crippen LogP contribution in [0, 0.1) is 16.0 Å². The third kappa shape index (κ3) is 1.98. The number of rotatable bonds is 3. The lowest BCUT2D eigenvalue weighted by molar-refractivity contribution is -0.384. The van der Waals surface area contributed by atoms with Crippen molar-refractivity contribution in [1.82, 2.24) is 4.98 Å². The number of ether oxygens (including phenoxy) is 1. The molecule has 1 aromatic carbocycles. The minimum absolute atomic E-state index is 0.00355. The highest BCUT2D eigenvalue weighted by molar-refractivity contribution is 6.10. The normalized spacial score (nSPS) is 22.2. The molecule has 0 amide bonds. The number of hydrogen-bond donors (Lipinski definition) is 1. The first-order chi connectivity index (χ1) is 9.58. The molecule has 20 heavy (non-hydrogen) atoms. The Kier molecular flexibility index (Phi) is 3.02. The lowest BCUT2D eigenvalue weighted by Crippen LogP contribution is -2.24. The Labute approximate surface area is 114 Å². The highest BCUT2D eigenvalue weighted by Gasteiger charge is 2.32. The van der Waals surface area contributed by atoms with Crippen molar-refractivity contribution in [3.8, 4) is 0 Å². The fraction of sp³-hybridized carbons (Fsp3) is 0.357. The number of carbonyl (C=O) groups excluding carboxylic acids is 1. The summed E-state index contributed by atoms with van der Waals surface area (Å²) in [5.41, 5.74) is 1.13. The van der Waals surface area contributed by atoms with E-state index in [2.05, 4.69) is 4.98 Å². The van der Waals surface area contributed by atoms with E-state index in [1.165, 1.54) is 12.1 Å². The molecule has 1 aliphatic rings. The van der Waals surface area contributed by atoms with Crippen molar-refractivity contribution in [2.45, 2.75) is 19.4 Å². The SMILES string of the molecule is CC1CCOC1C(=O)c1c[nH]c2cc([N+](=O)[O-])ccc12. The smallest absolute Gasteiger partial charge is 0.271 e. The Balaban J connectivity index is 2.00. The van der Waals surface area contributed by atoms with Gasteiger partial charge in [0.15, 0.2) is 5.78 Å². The second kappa shape index (κ2) is 4.72. The molecule has 0 radical (unpaired) electrons. The van der Waals surface area contributed by atoms with Gasteiger partial charge in [0, 0.05) is 35.9 Å². The minimum atomic E-state index is -0.454. The highest BCUT2D eigenvalue weighted by atomic mass is 16.6. The van der Waals surface area contributed by atoms with Crippen molar-refractivity contribution in [3.05, 3.63) is 40.1 Å². The van der Waals surface area contributed by atoms with E-state index in [1.54, 1.807) is 12.3 Å². The van der Waals surface area contributed by atoms with Crippen LogP contribution < -0.4 is 0 Å². The standard InChI is InChI=1S/C14H14N2O4/c1-8-4-5-20-14(8)13(17)11-7-15-12-6-9(16(18)19)2-3-10(11)12/h2-3,6-8,14-15H,4-5H2,1H3. The quantitative estimate of drug-likeness (QED) is 0.529. The van der Waals surface area contributed by atoms with Crippen LogP contribution in [-0.2, 0) is 4.74 Å². The number of H-pyrrole nitrogens is 1. The Morgan fingerprint density at radius 1 is 1.50 bits per heavy atom. The monoisotopic (exact) mass is 274 g/mol. The third-order valence-corrected chi connectivity index (χ3v) is 3.79. The van der Waals surface area contributed by atoms with E-state index in [4.69, 9.17) is 4.74 Å². The van der Waals surface area contributed by atoms with Crippen molar-refractivity contribution in [2.75, 3.05) is 6.61 Å². The lowest BCUT2D eigenvalue weighted by atomic mass is 9.96. The zero-order valence-electron chi connectivity index (χ0n) is 11.0. The van der Waals surface area contributed by atoms with E-state index >= 15 is 0 Å². The number of carbonyl (C=O) groups is 1. The maximum absolute atomic E-state index is 12.5. The Bertz CT molecular complexity index is 692. The number of aromatic amines is 1. The second-order valence-electron chi connectivity index (χ2n) is 5.11. The first-order valence-electron chi connectivity index (χ1n) is 6.49. The van der Waals surface area contributed by atoms with E-state index in [1.807, 2.05) is 6.92 Å². The first-order valence-corrected chi connectivity index (χ1v) is 6.49. The van der Waals surface area contributed by atoms with Crippen LogP contribution in [0.1, 0.15) is 23.7 Å². The molecular weight excluding hydrogens is 260 g/mol. The molecule has 0 bridgehead atoms. The van der Waals surface area contributed by atoms with Gasteiger partial charge < -0.3 is 9.72 Å². The van der Waals surface area contributed by atoms with Crippen molar-refractivity contribution in [2.24, 2.45) is 5.92 Å². The topological polar surface area (TPSA) is 85.2 Å². The zero-order chi connectivity index (χ0) is 14.3. The summed E-state index contributed by atoms with van der Waals surface area (Å²) < 4.78 is 5.49. The van der Waals surface area contributed by atoms with Crippen molar-refractivity contribution in [3.63, 3.8) is 0 Å². The molecule has 0 spiro atoms. The maximum Gasteiger partial charge on any atom is 0.271 e. The van der Waals surface area contributed by atoms with Gasteiger partial charge in [-0.05, 0) is 18.4 Å². The van der Waals surface area contributed by atoms with Crippen LogP contribution in [0.2, 0.25) is 0 Å². The van der Waals surface area contributed by atoms with Crippen LogP contribution in [0.4, 0.5) is 5.69 Å². The van der Waals surface area contributed by atoms with Gasteiger partial charge in [0.1, 0.15) is 6.10 Å². The summed E-state index contributed by atoms with van der Waals surface area (Å²) in [4.78, 5) is 25.7. The number of nitrogens with zero attached hydrogens (tertiary/aromatic N) is 1. The number of benzene rings is 1. The van der Waals surface area contributed by atoms with Gasteiger partial charge in [0.25, 0.3) is 5.69 Å². The molecule has 0 aliphatic carbocycles. The van der Waals surface area contributed by atoms with E-state index in [-0.39, 0.29) is 17.4 Å². The molecule has 2 aromatic rings. The molecular formula is C14H14N2O4. The number of fused-ring (bicyclic) bond motifs is 1. The van der Waals surface area contributed by atoms with Gasteiger partial charge in [-0.2, -0.15) is 0 Å². The van der Waals surface area contributed by atoms with Gasteiger partial charge in [-0.1, -0.05) is 6.92 Å². The number of hydrogen-bond acceptors (Lipinski definition) is 4. The number of ketones is 1. The zero-order valence-corrected chi connectivity index (χ0v) is 11.0. The van der Waals surface area contributed by atoms with E-state index < -0.39 is 11.0 Å². The van der Waals surface area contributed by atoms with Gasteiger partial charge in [0.2, 0.25) is 0 Å². The molecule has 6 nitrogen and oxygen atoms in total. The molecule has 1 fully saturated rings. The number of nitro groups is 1. The van der Waals surface area contributed by atoms with Gasteiger partial charge in [-0.15, -0.1) is 0 Å².